The molecule has 1 aromatic carbocycles. The molecule has 4 rings (SSSR count). The van der Waals surface area contributed by atoms with Crippen LogP contribution in [0.3, 0.4) is 0 Å². The van der Waals surface area contributed by atoms with Crippen LogP contribution >= 0.6 is 11.5 Å². The molecule has 0 bridgehead atoms. The number of amides is 3. The van der Waals surface area contributed by atoms with E-state index in [1.165, 1.54) is 25.4 Å². The quantitative estimate of drug-likeness (QED) is 0.352. The maximum atomic E-state index is 14.0. The summed E-state index contributed by atoms with van der Waals surface area (Å²) in [6.45, 7) is -0.0494. The SMILES string of the molecule is COc1ccc([C@H](C(=O)NC2CCCCC2)N(Cc2ccco2)C(=O)c2snc(C(N)=O)c2N)cc1OC. The highest BCUT2D eigenvalue weighted by Gasteiger charge is 2.36. The first-order valence-electron chi connectivity index (χ1n) is 12.2. The van der Waals surface area contributed by atoms with Gasteiger partial charge in [-0.25, -0.2) is 0 Å². The number of nitrogens with one attached hydrogen (secondary N) is 1. The van der Waals surface area contributed by atoms with E-state index in [0.29, 0.717) is 22.8 Å². The summed E-state index contributed by atoms with van der Waals surface area (Å²) in [4.78, 5) is 41.1. The highest BCUT2D eigenvalue weighted by Crippen LogP contribution is 2.35. The van der Waals surface area contributed by atoms with E-state index in [-0.39, 0.29) is 34.8 Å². The number of rotatable bonds is 10. The molecule has 5 N–H and O–H groups in total. The van der Waals surface area contributed by atoms with Gasteiger partial charge in [-0.15, -0.1) is 0 Å². The molecule has 1 atom stereocenters. The Labute approximate surface area is 224 Å². The molecule has 202 valence electrons. The number of methoxy groups -OCH3 is 2. The first-order chi connectivity index (χ1) is 18.3. The van der Waals surface area contributed by atoms with Crippen LogP contribution in [0.15, 0.2) is 41.0 Å². The molecular weight excluding hydrogens is 510 g/mol. The van der Waals surface area contributed by atoms with Crippen LogP contribution in [0.2, 0.25) is 0 Å². The molecule has 0 spiro atoms. The third-order valence-corrected chi connectivity index (χ3v) is 7.41. The van der Waals surface area contributed by atoms with Crippen LogP contribution in [-0.2, 0) is 11.3 Å². The summed E-state index contributed by atoms with van der Waals surface area (Å²) in [7, 11) is 3.01. The largest absolute Gasteiger partial charge is 0.493 e. The number of carbonyl (C=O) groups is 3. The Hall–Kier alpha value is -4.06. The lowest BCUT2D eigenvalue weighted by Crippen LogP contribution is -2.46. The average molecular weight is 542 g/mol. The minimum absolute atomic E-state index is 0.00120. The van der Waals surface area contributed by atoms with Crippen molar-refractivity contribution >= 4 is 34.9 Å². The standard InChI is InChI=1S/C26H31N5O6S/c1-35-18-11-10-15(13-19(18)36-2)22(25(33)29-16-7-4-3-5-8-16)31(14-17-9-6-12-37-17)26(34)23-20(27)21(24(28)32)30-38-23/h6,9-13,16,22H,3-5,7-8,14,27H2,1-2H3,(H2,28,32)(H,29,33)/t22-/m1/s1. The summed E-state index contributed by atoms with van der Waals surface area (Å²) < 4.78 is 20.4. The third kappa shape index (κ3) is 5.75. The Balaban J connectivity index is 1.81. The average Bonchev–Trinajstić information content (AvgIpc) is 3.58. The number of nitrogen functional groups attached to an aromatic ring is 1. The zero-order valence-corrected chi connectivity index (χ0v) is 22.1. The fraction of sp³-hybridized carbons (Fsp3) is 0.385. The molecule has 0 unspecified atom stereocenters. The second-order valence-electron chi connectivity index (χ2n) is 9.01. The lowest BCUT2D eigenvalue weighted by molar-refractivity contribution is -0.127. The summed E-state index contributed by atoms with van der Waals surface area (Å²) in [5.74, 6) is -0.470. The number of hydrogen-bond donors (Lipinski definition) is 3. The Morgan fingerprint density at radius 2 is 1.89 bits per heavy atom. The Morgan fingerprint density at radius 1 is 1.16 bits per heavy atom. The van der Waals surface area contributed by atoms with Crippen molar-refractivity contribution in [3.8, 4) is 11.5 Å². The van der Waals surface area contributed by atoms with E-state index < -0.39 is 17.9 Å². The van der Waals surface area contributed by atoms with Crippen molar-refractivity contribution in [2.45, 2.75) is 50.7 Å². The number of benzene rings is 1. The monoisotopic (exact) mass is 541 g/mol. The van der Waals surface area contributed by atoms with Crippen molar-refractivity contribution in [3.63, 3.8) is 0 Å². The Kier molecular flexibility index (Phi) is 8.52. The molecule has 12 heteroatoms. The first-order valence-corrected chi connectivity index (χ1v) is 13.0. The number of hydrogen-bond acceptors (Lipinski definition) is 9. The zero-order chi connectivity index (χ0) is 27.2. The van der Waals surface area contributed by atoms with Gasteiger partial charge in [0.25, 0.3) is 11.8 Å². The van der Waals surface area contributed by atoms with Crippen molar-refractivity contribution in [2.24, 2.45) is 5.73 Å². The van der Waals surface area contributed by atoms with Crippen LogP contribution in [-0.4, -0.2) is 47.3 Å². The van der Waals surface area contributed by atoms with Gasteiger partial charge in [0.1, 0.15) is 16.7 Å². The normalized spacial score (nSPS) is 14.5. The smallest absolute Gasteiger partial charge is 0.270 e. The molecule has 38 heavy (non-hydrogen) atoms. The third-order valence-electron chi connectivity index (χ3n) is 6.56. The van der Waals surface area contributed by atoms with E-state index in [2.05, 4.69) is 9.69 Å². The second kappa shape index (κ2) is 12.0. The van der Waals surface area contributed by atoms with Gasteiger partial charge in [0, 0.05) is 6.04 Å². The lowest BCUT2D eigenvalue weighted by Gasteiger charge is -2.33. The molecule has 1 aliphatic rings. The fourth-order valence-electron chi connectivity index (χ4n) is 4.63. The molecule has 0 saturated heterocycles. The minimum atomic E-state index is -1.09. The molecule has 11 nitrogen and oxygen atoms in total. The minimum Gasteiger partial charge on any atom is -0.493 e. The van der Waals surface area contributed by atoms with E-state index in [4.69, 9.17) is 25.4 Å². The maximum Gasteiger partial charge on any atom is 0.270 e. The van der Waals surface area contributed by atoms with E-state index in [0.717, 1.165) is 43.6 Å². The van der Waals surface area contributed by atoms with E-state index in [1.54, 1.807) is 30.3 Å². The number of primary amides is 1. The van der Waals surface area contributed by atoms with Gasteiger partial charge in [0.2, 0.25) is 5.91 Å². The van der Waals surface area contributed by atoms with Gasteiger partial charge in [-0.1, -0.05) is 25.3 Å². The molecule has 0 aliphatic heterocycles. The van der Waals surface area contributed by atoms with Crippen LogP contribution in [0.1, 0.15) is 69.6 Å². The number of anilines is 1. The Morgan fingerprint density at radius 3 is 2.50 bits per heavy atom. The molecule has 1 saturated carbocycles. The van der Waals surface area contributed by atoms with Crippen LogP contribution < -0.4 is 26.3 Å². The Bertz CT molecular complexity index is 1290. The fourth-order valence-corrected chi connectivity index (χ4v) is 5.39. The molecule has 3 aromatic rings. The molecule has 1 aliphatic carbocycles. The molecule has 1 fully saturated rings. The van der Waals surface area contributed by atoms with Crippen molar-refractivity contribution in [1.29, 1.82) is 0 Å². The van der Waals surface area contributed by atoms with Crippen molar-refractivity contribution in [1.82, 2.24) is 14.6 Å². The first kappa shape index (κ1) is 27.0. The zero-order valence-electron chi connectivity index (χ0n) is 21.3. The van der Waals surface area contributed by atoms with Gasteiger partial charge in [0.15, 0.2) is 17.2 Å². The molecule has 0 radical (unpaired) electrons. The van der Waals surface area contributed by atoms with Crippen molar-refractivity contribution in [2.75, 3.05) is 20.0 Å². The van der Waals surface area contributed by atoms with Crippen LogP contribution in [0.25, 0.3) is 0 Å². The maximum absolute atomic E-state index is 14.0. The van der Waals surface area contributed by atoms with Crippen molar-refractivity contribution in [3.05, 3.63) is 58.5 Å². The summed E-state index contributed by atoms with van der Waals surface area (Å²) in [5, 5.41) is 3.13. The van der Waals surface area contributed by atoms with Gasteiger partial charge in [0.05, 0.1) is 32.7 Å². The number of aromatic nitrogens is 1. The van der Waals surface area contributed by atoms with Crippen LogP contribution in [0.5, 0.6) is 11.5 Å². The van der Waals surface area contributed by atoms with E-state index >= 15 is 0 Å². The van der Waals surface area contributed by atoms with Crippen LogP contribution in [0, 0.1) is 0 Å². The van der Waals surface area contributed by atoms with Gasteiger partial charge in [-0.2, -0.15) is 4.37 Å². The summed E-state index contributed by atoms with van der Waals surface area (Å²) in [6, 6.07) is 7.35. The summed E-state index contributed by atoms with van der Waals surface area (Å²) in [5.41, 5.74) is 11.7. The second-order valence-corrected chi connectivity index (χ2v) is 9.78. The number of ether oxygens (including phenoxy) is 2. The van der Waals surface area contributed by atoms with E-state index in [9.17, 15) is 14.4 Å². The van der Waals surface area contributed by atoms with Gasteiger partial charge in [-0.05, 0) is 54.2 Å². The summed E-state index contributed by atoms with van der Waals surface area (Å²) >= 11 is 0.753. The number of furan rings is 1. The summed E-state index contributed by atoms with van der Waals surface area (Å²) in [6.07, 6.45) is 6.38. The van der Waals surface area contributed by atoms with Gasteiger partial charge in [-0.3, -0.25) is 14.4 Å². The van der Waals surface area contributed by atoms with Crippen molar-refractivity contribution < 1.29 is 28.3 Å². The predicted octanol–water partition coefficient (Wildman–Crippen LogP) is 3.27. The number of nitrogens with two attached hydrogens (primary N) is 2. The van der Waals surface area contributed by atoms with Gasteiger partial charge < -0.3 is 35.6 Å². The van der Waals surface area contributed by atoms with Gasteiger partial charge >= 0.3 is 0 Å². The predicted molar refractivity (Wildman–Crippen MR) is 141 cm³/mol. The highest BCUT2D eigenvalue weighted by molar-refractivity contribution is 7.09. The molecule has 2 heterocycles. The van der Waals surface area contributed by atoms with Crippen LogP contribution in [0.4, 0.5) is 5.69 Å². The van der Waals surface area contributed by atoms with E-state index in [1.807, 2.05) is 0 Å². The number of carbonyl (C=O) groups excluding carboxylic acids is 3. The number of nitrogens with zero attached hydrogens (tertiary/aromatic N) is 2. The topological polar surface area (TPSA) is 163 Å². The molecule has 3 amide bonds. The molecular formula is C26H31N5O6S. The molecule has 2 aromatic heterocycles. The lowest BCUT2D eigenvalue weighted by atomic mass is 9.94. The highest BCUT2D eigenvalue weighted by atomic mass is 32.1.